The van der Waals surface area contributed by atoms with Gasteiger partial charge < -0.3 is 10.5 Å². The van der Waals surface area contributed by atoms with Crippen LogP contribution >= 0.6 is 0 Å². The molecule has 3 heteroatoms. The van der Waals surface area contributed by atoms with Crippen LogP contribution in [0.25, 0.3) is 6.08 Å². The normalized spacial score (nSPS) is 10.6. The van der Waals surface area contributed by atoms with Crippen LogP contribution in [0.5, 0.6) is 5.75 Å². The number of nitrogen functional groups attached to an aromatic ring is 1. The number of anilines is 1. The number of nitrogens with two attached hydrogens (primary N) is 1. The molecule has 0 bridgehead atoms. The molecule has 0 atom stereocenters. The fourth-order valence-corrected chi connectivity index (χ4v) is 1.53. The molecule has 0 amide bonds. The first-order chi connectivity index (χ1) is 9.13. The second-order valence-corrected chi connectivity index (χ2v) is 4.23. The lowest BCUT2D eigenvalue weighted by molar-refractivity contribution is -0.128. The molecule has 0 heterocycles. The van der Waals surface area contributed by atoms with Crippen molar-refractivity contribution in [2.75, 3.05) is 5.73 Å². The largest absolute Gasteiger partial charge is 0.423 e. The molecule has 2 aromatic rings. The van der Waals surface area contributed by atoms with E-state index >= 15 is 0 Å². The van der Waals surface area contributed by atoms with Gasteiger partial charge >= 0.3 is 5.97 Å². The highest BCUT2D eigenvalue weighted by Gasteiger charge is 1.99. The summed E-state index contributed by atoms with van der Waals surface area (Å²) in [5.41, 5.74) is 8.30. The summed E-state index contributed by atoms with van der Waals surface area (Å²) < 4.78 is 5.16. The van der Waals surface area contributed by atoms with E-state index in [-0.39, 0.29) is 0 Å². The number of rotatable bonds is 3. The summed E-state index contributed by atoms with van der Waals surface area (Å²) in [4.78, 5) is 11.6. The minimum Gasteiger partial charge on any atom is -0.423 e. The molecule has 3 nitrogen and oxygen atoms in total. The van der Waals surface area contributed by atoms with E-state index < -0.39 is 5.97 Å². The summed E-state index contributed by atoms with van der Waals surface area (Å²) in [5, 5.41) is 0. The van der Waals surface area contributed by atoms with Crippen molar-refractivity contribution < 1.29 is 9.53 Å². The molecule has 96 valence electrons. The summed E-state index contributed by atoms with van der Waals surface area (Å²) >= 11 is 0. The predicted molar refractivity (Wildman–Crippen MR) is 76.7 cm³/mol. The van der Waals surface area contributed by atoms with Crippen LogP contribution < -0.4 is 10.5 Å². The number of aryl methyl sites for hydroxylation is 1. The summed E-state index contributed by atoms with van der Waals surface area (Å²) in [6, 6.07) is 14.6. The Morgan fingerprint density at radius 1 is 1.05 bits per heavy atom. The van der Waals surface area contributed by atoms with Gasteiger partial charge in [0.25, 0.3) is 0 Å². The molecule has 0 spiro atoms. The van der Waals surface area contributed by atoms with E-state index in [0.29, 0.717) is 11.4 Å². The second-order valence-electron chi connectivity index (χ2n) is 4.23. The number of ether oxygens (including phenoxy) is 1. The zero-order valence-corrected chi connectivity index (χ0v) is 10.7. The third kappa shape index (κ3) is 4.00. The standard InChI is InChI=1S/C16H15NO2/c1-12-2-9-15(10-3-12)19-16(18)11-6-13-4-7-14(17)8-5-13/h2-11H,17H2,1H3/b11-6+. The first-order valence-electron chi connectivity index (χ1n) is 5.95. The molecule has 0 unspecified atom stereocenters. The molecule has 2 N–H and O–H groups in total. The van der Waals surface area contributed by atoms with Gasteiger partial charge in [-0.15, -0.1) is 0 Å². The summed E-state index contributed by atoms with van der Waals surface area (Å²) in [6.45, 7) is 1.98. The monoisotopic (exact) mass is 253 g/mol. The van der Waals surface area contributed by atoms with Gasteiger partial charge in [-0.1, -0.05) is 29.8 Å². The van der Waals surface area contributed by atoms with Crippen molar-refractivity contribution in [1.82, 2.24) is 0 Å². The van der Waals surface area contributed by atoms with Crippen LogP contribution in [0.4, 0.5) is 5.69 Å². The van der Waals surface area contributed by atoms with E-state index in [1.54, 1.807) is 30.3 Å². The van der Waals surface area contributed by atoms with Crippen LogP contribution in [-0.2, 0) is 4.79 Å². The number of hydrogen-bond donors (Lipinski definition) is 1. The average Bonchev–Trinajstić information content (AvgIpc) is 2.41. The van der Waals surface area contributed by atoms with Gasteiger partial charge in [-0.2, -0.15) is 0 Å². The molecule has 0 fully saturated rings. The van der Waals surface area contributed by atoms with Crippen molar-refractivity contribution in [1.29, 1.82) is 0 Å². The average molecular weight is 253 g/mol. The molecule has 0 aromatic heterocycles. The Labute approximate surface area is 112 Å². The van der Waals surface area contributed by atoms with Gasteiger partial charge in [-0.25, -0.2) is 4.79 Å². The van der Waals surface area contributed by atoms with E-state index in [0.717, 1.165) is 11.1 Å². The van der Waals surface area contributed by atoms with E-state index in [1.807, 2.05) is 31.2 Å². The third-order valence-corrected chi connectivity index (χ3v) is 2.59. The maximum Gasteiger partial charge on any atom is 0.336 e. The van der Waals surface area contributed by atoms with E-state index in [9.17, 15) is 4.79 Å². The van der Waals surface area contributed by atoms with Crippen molar-refractivity contribution in [2.45, 2.75) is 6.92 Å². The van der Waals surface area contributed by atoms with Gasteiger partial charge in [-0.05, 0) is 42.8 Å². The fraction of sp³-hybridized carbons (Fsp3) is 0.0625. The Bertz CT molecular complexity index is 583. The smallest absolute Gasteiger partial charge is 0.336 e. The third-order valence-electron chi connectivity index (χ3n) is 2.59. The van der Waals surface area contributed by atoms with Gasteiger partial charge in [0.15, 0.2) is 0 Å². The lowest BCUT2D eigenvalue weighted by Crippen LogP contribution is -2.03. The SMILES string of the molecule is Cc1ccc(OC(=O)/C=C/c2ccc(N)cc2)cc1. The Morgan fingerprint density at radius 2 is 1.68 bits per heavy atom. The quantitative estimate of drug-likeness (QED) is 0.395. The Balaban J connectivity index is 1.97. The van der Waals surface area contributed by atoms with Gasteiger partial charge in [-0.3, -0.25) is 0 Å². The maximum absolute atomic E-state index is 11.6. The minimum absolute atomic E-state index is 0.402. The van der Waals surface area contributed by atoms with Crippen molar-refractivity contribution in [3.05, 3.63) is 65.7 Å². The molecule has 0 radical (unpaired) electrons. The highest BCUT2D eigenvalue weighted by atomic mass is 16.5. The maximum atomic E-state index is 11.6. The summed E-state index contributed by atoms with van der Waals surface area (Å²) in [6.07, 6.45) is 3.08. The molecular weight excluding hydrogens is 238 g/mol. The zero-order chi connectivity index (χ0) is 13.7. The van der Waals surface area contributed by atoms with Crippen LogP contribution in [0.1, 0.15) is 11.1 Å². The van der Waals surface area contributed by atoms with Crippen molar-refractivity contribution in [2.24, 2.45) is 0 Å². The fourth-order valence-electron chi connectivity index (χ4n) is 1.53. The van der Waals surface area contributed by atoms with Gasteiger partial charge in [0.2, 0.25) is 0 Å². The number of hydrogen-bond acceptors (Lipinski definition) is 3. The molecule has 19 heavy (non-hydrogen) atoms. The van der Waals surface area contributed by atoms with Gasteiger partial charge in [0.05, 0.1) is 0 Å². The molecule has 0 saturated heterocycles. The summed E-state index contributed by atoms with van der Waals surface area (Å²) in [5.74, 6) is 0.137. The van der Waals surface area contributed by atoms with Crippen LogP contribution in [0.2, 0.25) is 0 Å². The lowest BCUT2D eigenvalue weighted by atomic mass is 10.2. The Kier molecular flexibility index (Phi) is 3.98. The molecule has 0 aliphatic heterocycles. The van der Waals surface area contributed by atoms with Crippen molar-refractivity contribution in [3.8, 4) is 5.75 Å². The molecule has 2 rings (SSSR count). The van der Waals surface area contributed by atoms with Gasteiger partial charge in [0, 0.05) is 11.8 Å². The first-order valence-corrected chi connectivity index (χ1v) is 5.95. The van der Waals surface area contributed by atoms with Crippen molar-refractivity contribution in [3.63, 3.8) is 0 Å². The number of carbonyl (C=O) groups excluding carboxylic acids is 1. The van der Waals surface area contributed by atoms with Crippen LogP contribution in [-0.4, -0.2) is 5.97 Å². The molecule has 2 aromatic carbocycles. The van der Waals surface area contributed by atoms with Crippen LogP contribution in [0.15, 0.2) is 54.6 Å². The second kappa shape index (κ2) is 5.87. The highest BCUT2D eigenvalue weighted by Crippen LogP contribution is 2.12. The van der Waals surface area contributed by atoms with E-state index in [1.165, 1.54) is 6.08 Å². The number of carbonyl (C=O) groups is 1. The van der Waals surface area contributed by atoms with Crippen LogP contribution in [0, 0.1) is 6.92 Å². The predicted octanol–water partition coefficient (Wildman–Crippen LogP) is 3.20. The Hall–Kier alpha value is -2.55. The van der Waals surface area contributed by atoms with Crippen molar-refractivity contribution >= 4 is 17.7 Å². The molecule has 0 aliphatic carbocycles. The lowest BCUT2D eigenvalue weighted by Gasteiger charge is -2.01. The minimum atomic E-state index is -0.402. The molecule has 0 saturated carbocycles. The van der Waals surface area contributed by atoms with Crippen LogP contribution in [0.3, 0.4) is 0 Å². The molecular formula is C16H15NO2. The first kappa shape index (κ1) is 12.9. The Morgan fingerprint density at radius 3 is 2.32 bits per heavy atom. The number of benzene rings is 2. The zero-order valence-electron chi connectivity index (χ0n) is 10.7. The highest BCUT2D eigenvalue weighted by molar-refractivity contribution is 5.88. The summed E-state index contributed by atoms with van der Waals surface area (Å²) in [7, 11) is 0. The number of esters is 1. The van der Waals surface area contributed by atoms with E-state index in [2.05, 4.69) is 0 Å². The topological polar surface area (TPSA) is 52.3 Å². The van der Waals surface area contributed by atoms with E-state index in [4.69, 9.17) is 10.5 Å². The molecule has 0 aliphatic rings. The van der Waals surface area contributed by atoms with Gasteiger partial charge in [0.1, 0.15) is 5.75 Å².